The van der Waals surface area contributed by atoms with Crippen LogP contribution in [-0.2, 0) is 6.61 Å². The molecule has 0 saturated heterocycles. The Morgan fingerprint density at radius 3 is 2.64 bits per heavy atom. The molecule has 0 radical (unpaired) electrons. The molecule has 0 atom stereocenters. The molecule has 1 aromatic heterocycles. The average molecular weight is 328 g/mol. The van der Waals surface area contributed by atoms with Crippen molar-refractivity contribution in [3.05, 3.63) is 90.5 Å². The van der Waals surface area contributed by atoms with Gasteiger partial charge in [0, 0.05) is 0 Å². The Kier molecular flexibility index (Phi) is 4.20. The van der Waals surface area contributed by atoms with Crippen molar-refractivity contribution >= 4 is 17.0 Å². The minimum absolute atomic E-state index is 0.521. The Bertz CT molecular complexity index is 1000. The van der Waals surface area contributed by atoms with E-state index in [9.17, 15) is 0 Å². The van der Waals surface area contributed by atoms with E-state index < -0.39 is 0 Å². The lowest BCUT2D eigenvalue weighted by Crippen LogP contribution is -1.97. The lowest BCUT2D eigenvalue weighted by Gasteiger charge is -2.09. The molecule has 3 aromatic carbocycles. The summed E-state index contributed by atoms with van der Waals surface area (Å²) >= 11 is 0. The summed E-state index contributed by atoms with van der Waals surface area (Å²) < 4.78 is 7.53. The number of rotatable bonds is 5. The molecule has 5 nitrogen and oxygen atoms in total. The van der Waals surface area contributed by atoms with Gasteiger partial charge < -0.3 is 4.74 Å². The lowest BCUT2D eigenvalue weighted by molar-refractivity contribution is 0.307. The first-order chi connectivity index (χ1) is 12.4. The fraction of sp³-hybridized carbons (Fsp3) is 0.0500. The normalized spacial score (nSPS) is 11.2. The summed E-state index contributed by atoms with van der Waals surface area (Å²) in [6.45, 7) is 0.521. The number of hydrogen-bond acceptors (Lipinski definition) is 4. The Labute approximate surface area is 145 Å². The Hall–Kier alpha value is -3.47. The van der Waals surface area contributed by atoms with Crippen molar-refractivity contribution in [1.29, 1.82) is 0 Å². The van der Waals surface area contributed by atoms with Crippen LogP contribution in [-0.4, -0.2) is 21.1 Å². The summed E-state index contributed by atoms with van der Waals surface area (Å²) in [5.41, 5.74) is 2.12. The fourth-order valence-corrected chi connectivity index (χ4v) is 2.65. The molecule has 1 heterocycles. The molecule has 0 aliphatic rings. The highest BCUT2D eigenvalue weighted by atomic mass is 16.5. The van der Waals surface area contributed by atoms with Crippen LogP contribution in [0.4, 0.5) is 0 Å². The summed E-state index contributed by atoms with van der Waals surface area (Å²) in [5.74, 6) is 0.806. The third-order valence-corrected chi connectivity index (χ3v) is 3.88. The molecule has 0 fully saturated rings. The smallest absolute Gasteiger partial charge is 0.141 e. The molecule has 5 heteroatoms. The second-order valence-electron chi connectivity index (χ2n) is 5.59. The maximum absolute atomic E-state index is 5.98. The molecule has 0 unspecified atom stereocenters. The van der Waals surface area contributed by atoms with E-state index in [0.29, 0.717) is 6.61 Å². The van der Waals surface area contributed by atoms with Crippen LogP contribution in [0.1, 0.15) is 11.1 Å². The van der Waals surface area contributed by atoms with Crippen molar-refractivity contribution in [3.8, 4) is 5.75 Å². The molecule has 0 aliphatic heterocycles. The van der Waals surface area contributed by atoms with Gasteiger partial charge in [-0.1, -0.05) is 54.6 Å². The van der Waals surface area contributed by atoms with Crippen LogP contribution in [0.25, 0.3) is 10.8 Å². The third kappa shape index (κ3) is 3.55. The topological polar surface area (TPSA) is 52.3 Å². The van der Waals surface area contributed by atoms with Gasteiger partial charge in [-0.15, -0.1) is 10.2 Å². The molecular formula is C20H16N4O. The Morgan fingerprint density at radius 2 is 1.72 bits per heavy atom. The molecule has 0 amide bonds. The second-order valence-corrected chi connectivity index (χ2v) is 5.59. The van der Waals surface area contributed by atoms with Crippen molar-refractivity contribution in [2.45, 2.75) is 6.61 Å². The van der Waals surface area contributed by atoms with Crippen LogP contribution in [0, 0.1) is 0 Å². The number of aromatic nitrogens is 3. The van der Waals surface area contributed by atoms with Gasteiger partial charge in [-0.25, -0.2) is 4.68 Å². The van der Waals surface area contributed by atoms with Gasteiger partial charge in [-0.2, -0.15) is 5.10 Å². The highest BCUT2D eigenvalue weighted by Crippen LogP contribution is 2.21. The predicted molar refractivity (Wildman–Crippen MR) is 97.7 cm³/mol. The maximum Gasteiger partial charge on any atom is 0.141 e. The Morgan fingerprint density at radius 1 is 0.920 bits per heavy atom. The molecule has 0 bridgehead atoms. The van der Waals surface area contributed by atoms with E-state index in [-0.39, 0.29) is 0 Å². The van der Waals surface area contributed by atoms with E-state index >= 15 is 0 Å². The molecule has 122 valence electrons. The van der Waals surface area contributed by atoms with Gasteiger partial charge in [0.1, 0.15) is 25.0 Å². The first-order valence-electron chi connectivity index (χ1n) is 7.97. The van der Waals surface area contributed by atoms with Gasteiger partial charge in [0.2, 0.25) is 0 Å². The largest absolute Gasteiger partial charge is 0.489 e. The molecular weight excluding hydrogens is 312 g/mol. The first-order valence-corrected chi connectivity index (χ1v) is 7.97. The van der Waals surface area contributed by atoms with Crippen molar-refractivity contribution in [3.63, 3.8) is 0 Å². The quantitative estimate of drug-likeness (QED) is 0.522. The third-order valence-electron chi connectivity index (χ3n) is 3.88. The fourth-order valence-electron chi connectivity index (χ4n) is 2.65. The van der Waals surface area contributed by atoms with E-state index in [1.165, 1.54) is 29.0 Å². The van der Waals surface area contributed by atoms with Crippen molar-refractivity contribution in [2.24, 2.45) is 5.10 Å². The van der Waals surface area contributed by atoms with Gasteiger partial charge in [-0.3, -0.25) is 0 Å². The van der Waals surface area contributed by atoms with Crippen molar-refractivity contribution < 1.29 is 4.74 Å². The summed E-state index contributed by atoms with van der Waals surface area (Å²) in [5, 5.41) is 14.1. The molecule has 0 saturated carbocycles. The number of fused-ring (bicyclic) bond motifs is 1. The second kappa shape index (κ2) is 6.97. The molecule has 0 aliphatic carbocycles. The summed E-state index contributed by atoms with van der Waals surface area (Å²) in [7, 11) is 0. The van der Waals surface area contributed by atoms with Gasteiger partial charge in [-0.05, 0) is 34.0 Å². The van der Waals surface area contributed by atoms with Crippen molar-refractivity contribution in [1.82, 2.24) is 14.9 Å². The molecule has 4 aromatic rings. The summed E-state index contributed by atoms with van der Waals surface area (Å²) in [4.78, 5) is 0. The summed E-state index contributed by atoms with van der Waals surface area (Å²) in [6.07, 6.45) is 4.82. The van der Waals surface area contributed by atoms with Gasteiger partial charge in [0.05, 0.1) is 6.21 Å². The maximum atomic E-state index is 5.98. The SMILES string of the molecule is C(=Nn1cnnc1)c1cccc(OCc2cccc3ccccc23)c1. The van der Waals surface area contributed by atoms with Crippen LogP contribution >= 0.6 is 0 Å². The van der Waals surface area contributed by atoms with Crippen LogP contribution in [0.2, 0.25) is 0 Å². The number of hydrogen-bond donors (Lipinski definition) is 0. The van der Waals surface area contributed by atoms with Gasteiger partial charge in [0.15, 0.2) is 0 Å². The highest BCUT2D eigenvalue weighted by molar-refractivity contribution is 5.85. The van der Waals surface area contributed by atoms with Gasteiger partial charge in [0.25, 0.3) is 0 Å². The minimum Gasteiger partial charge on any atom is -0.489 e. The van der Waals surface area contributed by atoms with Crippen molar-refractivity contribution in [2.75, 3.05) is 0 Å². The number of benzene rings is 3. The zero-order valence-corrected chi connectivity index (χ0v) is 13.5. The number of ether oxygens (including phenoxy) is 1. The molecule has 0 spiro atoms. The number of nitrogens with zero attached hydrogens (tertiary/aromatic N) is 4. The van der Waals surface area contributed by atoms with Crippen LogP contribution in [0.15, 0.2) is 84.5 Å². The van der Waals surface area contributed by atoms with Crippen LogP contribution in [0.3, 0.4) is 0 Å². The van der Waals surface area contributed by atoms with E-state index in [2.05, 4.69) is 45.6 Å². The van der Waals surface area contributed by atoms with E-state index in [0.717, 1.165) is 11.3 Å². The minimum atomic E-state index is 0.521. The van der Waals surface area contributed by atoms with Gasteiger partial charge >= 0.3 is 0 Å². The average Bonchev–Trinajstić information content (AvgIpc) is 3.19. The monoisotopic (exact) mass is 328 g/mol. The van der Waals surface area contributed by atoms with E-state index in [1.54, 1.807) is 10.9 Å². The predicted octanol–water partition coefficient (Wildman–Crippen LogP) is 3.89. The molecule has 0 N–H and O–H groups in total. The van der Waals surface area contributed by atoms with Crippen LogP contribution in [0.5, 0.6) is 5.75 Å². The molecule has 25 heavy (non-hydrogen) atoms. The Balaban J connectivity index is 1.50. The van der Waals surface area contributed by atoms with E-state index in [4.69, 9.17) is 4.74 Å². The lowest BCUT2D eigenvalue weighted by atomic mass is 10.1. The standard InChI is InChI=1S/C20H16N4O/c1-2-10-20-17(6-1)7-4-8-18(20)13-25-19-9-3-5-16(11-19)12-23-24-14-21-22-15-24/h1-12,14-15H,13H2. The molecule has 4 rings (SSSR count). The van der Waals surface area contributed by atoms with Crippen LogP contribution < -0.4 is 4.74 Å². The zero-order valence-electron chi connectivity index (χ0n) is 13.5. The first kappa shape index (κ1) is 15.1. The van der Waals surface area contributed by atoms with E-state index in [1.807, 2.05) is 36.4 Å². The summed E-state index contributed by atoms with van der Waals surface area (Å²) in [6, 6.07) is 22.4. The zero-order chi connectivity index (χ0) is 16.9. The highest BCUT2D eigenvalue weighted by Gasteiger charge is 2.02.